The highest BCUT2D eigenvalue weighted by Gasteiger charge is 2.23. The van der Waals surface area contributed by atoms with E-state index in [9.17, 15) is 9.59 Å². The highest BCUT2D eigenvalue weighted by Crippen LogP contribution is 2.23. The molecular formula is C19H20BrNO4. The van der Waals surface area contributed by atoms with Gasteiger partial charge >= 0.3 is 5.97 Å². The van der Waals surface area contributed by atoms with Crippen molar-refractivity contribution < 1.29 is 19.1 Å². The zero-order valence-electron chi connectivity index (χ0n) is 14.4. The molecule has 0 aliphatic carbocycles. The number of hydrogen-bond acceptors (Lipinski definition) is 4. The van der Waals surface area contributed by atoms with Crippen LogP contribution in [0.1, 0.15) is 22.8 Å². The summed E-state index contributed by atoms with van der Waals surface area (Å²) in [7, 11) is 3.20. The van der Waals surface area contributed by atoms with E-state index < -0.39 is 12.1 Å². The van der Waals surface area contributed by atoms with Gasteiger partial charge in [-0.3, -0.25) is 4.79 Å². The van der Waals surface area contributed by atoms with Crippen LogP contribution in [-0.4, -0.2) is 37.0 Å². The van der Waals surface area contributed by atoms with Crippen LogP contribution in [-0.2, 0) is 16.1 Å². The van der Waals surface area contributed by atoms with Crippen LogP contribution in [0.25, 0.3) is 0 Å². The molecule has 6 heteroatoms. The monoisotopic (exact) mass is 405 g/mol. The third kappa shape index (κ3) is 5.06. The molecule has 132 valence electrons. The van der Waals surface area contributed by atoms with Gasteiger partial charge in [0.25, 0.3) is 5.91 Å². The lowest BCUT2D eigenvalue weighted by atomic mass is 10.2. The molecule has 0 fully saturated rings. The number of amides is 1. The lowest BCUT2D eigenvalue weighted by Crippen LogP contribution is -2.37. The number of carbonyl (C=O) groups is 2. The van der Waals surface area contributed by atoms with Crippen LogP contribution in [0.5, 0.6) is 5.75 Å². The maximum atomic E-state index is 12.4. The molecule has 2 aromatic carbocycles. The molecule has 0 aliphatic heterocycles. The van der Waals surface area contributed by atoms with Crippen LogP contribution in [0.15, 0.2) is 53.0 Å². The number of nitrogens with zero attached hydrogens (tertiary/aromatic N) is 1. The van der Waals surface area contributed by atoms with Gasteiger partial charge in [-0.05, 0) is 46.6 Å². The van der Waals surface area contributed by atoms with Crippen molar-refractivity contribution in [1.29, 1.82) is 0 Å². The number of likely N-dealkylation sites (N-methyl/N-ethyl adjacent to an activating group) is 1. The quantitative estimate of drug-likeness (QED) is 0.688. The number of ether oxygens (including phenoxy) is 2. The number of benzene rings is 2. The molecule has 1 unspecified atom stereocenters. The summed E-state index contributed by atoms with van der Waals surface area (Å²) in [5, 5.41) is 0. The van der Waals surface area contributed by atoms with Crippen molar-refractivity contribution in [3.8, 4) is 5.75 Å². The van der Waals surface area contributed by atoms with Crippen LogP contribution in [0, 0.1) is 0 Å². The standard InChI is InChI=1S/C19H20BrNO4/c1-13(18(22)21(2)12-14-7-5-4-6-8-14)25-19(23)16-11-15(24-3)9-10-17(16)20/h4-11,13H,12H2,1-3H3. The second-order valence-electron chi connectivity index (χ2n) is 5.57. The van der Waals surface area contributed by atoms with E-state index in [0.717, 1.165) is 5.56 Å². The predicted octanol–water partition coefficient (Wildman–Crippen LogP) is 3.66. The van der Waals surface area contributed by atoms with Gasteiger partial charge in [-0.15, -0.1) is 0 Å². The molecule has 0 radical (unpaired) electrons. The summed E-state index contributed by atoms with van der Waals surface area (Å²) in [6.45, 7) is 2.01. The number of methoxy groups -OCH3 is 1. The Morgan fingerprint density at radius 1 is 1.16 bits per heavy atom. The fourth-order valence-corrected chi connectivity index (χ4v) is 2.72. The van der Waals surface area contributed by atoms with Gasteiger partial charge in [0, 0.05) is 18.1 Å². The summed E-state index contributed by atoms with van der Waals surface area (Å²) in [6.07, 6.45) is -0.890. The Kier molecular flexibility index (Phi) is 6.58. The number of rotatable bonds is 6. The molecule has 1 amide bonds. The Balaban J connectivity index is 2.01. The highest BCUT2D eigenvalue weighted by molar-refractivity contribution is 9.10. The van der Waals surface area contributed by atoms with Gasteiger partial charge < -0.3 is 14.4 Å². The van der Waals surface area contributed by atoms with E-state index in [-0.39, 0.29) is 5.91 Å². The molecule has 1 atom stereocenters. The Bertz CT molecular complexity index is 748. The molecule has 0 N–H and O–H groups in total. The first-order chi connectivity index (χ1) is 11.9. The van der Waals surface area contributed by atoms with E-state index in [1.165, 1.54) is 12.0 Å². The molecule has 0 aromatic heterocycles. The smallest absolute Gasteiger partial charge is 0.340 e. The van der Waals surface area contributed by atoms with E-state index in [0.29, 0.717) is 22.3 Å². The maximum absolute atomic E-state index is 12.4. The van der Waals surface area contributed by atoms with Crippen molar-refractivity contribution in [3.63, 3.8) is 0 Å². The van der Waals surface area contributed by atoms with Crippen LogP contribution < -0.4 is 4.74 Å². The first-order valence-corrected chi connectivity index (χ1v) is 8.55. The van der Waals surface area contributed by atoms with Crippen molar-refractivity contribution in [1.82, 2.24) is 4.90 Å². The Hall–Kier alpha value is -2.34. The maximum Gasteiger partial charge on any atom is 0.340 e. The number of esters is 1. The molecule has 0 spiro atoms. The molecular weight excluding hydrogens is 386 g/mol. The SMILES string of the molecule is COc1ccc(Br)c(C(=O)OC(C)C(=O)N(C)Cc2ccccc2)c1. The van der Waals surface area contributed by atoms with E-state index in [1.807, 2.05) is 30.3 Å². The van der Waals surface area contributed by atoms with E-state index in [4.69, 9.17) is 9.47 Å². The minimum Gasteiger partial charge on any atom is -0.497 e. The molecule has 0 bridgehead atoms. The van der Waals surface area contributed by atoms with Crippen LogP contribution in [0.4, 0.5) is 0 Å². The second-order valence-corrected chi connectivity index (χ2v) is 6.43. The average Bonchev–Trinajstić information content (AvgIpc) is 2.62. The van der Waals surface area contributed by atoms with Crippen LogP contribution in [0.3, 0.4) is 0 Å². The topological polar surface area (TPSA) is 55.8 Å². The normalized spacial score (nSPS) is 11.5. The second kappa shape index (κ2) is 8.67. The van der Waals surface area contributed by atoms with Crippen molar-refractivity contribution in [2.45, 2.75) is 19.6 Å². The molecule has 2 aromatic rings. The van der Waals surface area contributed by atoms with Crippen molar-refractivity contribution in [2.24, 2.45) is 0 Å². The summed E-state index contributed by atoms with van der Waals surface area (Å²) in [6, 6.07) is 14.6. The average molecular weight is 406 g/mol. The van der Waals surface area contributed by atoms with Gasteiger partial charge in [0.1, 0.15) is 5.75 Å². The lowest BCUT2D eigenvalue weighted by Gasteiger charge is -2.21. The van der Waals surface area contributed by atoms with Crippen LogP contribution in [0.2, 0.25) is 0 Å². The van der Waals surface area contributed by atoms with Gasteiger partial charge in [0.15, 0.2) is 6.10 Å². The highest BCUT2D eigenvalue weighted by atomic mass is 79.9. The number of carbonyl (C=O) groups excluding carboxylic acids is 2. The molecule has 0 saturated heterocycles. The number of halogens is 1. The predicted molar refractivity (Wildman–Crippen MR) is 98.5 cm³/mol. The zero-order valence-corrected chi connectivity index (χ0v) is 15.9. The van der Waals surface area contributed by atoms with Gasteiger partial charge in [0.2, 0.25) is 0 Å². The van der Waals surface area contributed by atoms with Crippen molar-refractivity contribution in [2.75, 3.05) is 14.2 Å². The minimum atomic E-state index is -0.890. The fraction of sp³-hybridized carbons (Fsp3) is 0.263. The zero-order chi connectivity index (χ0) is 18.4. The largest absolute Gasteiger partial charge is 0.497 e. The Morgan fingerprint density at radius 3 is 2.48 bits per heavy atom. The van der Waals surface area contributed by atoms with E-state index in [2.05, 4.69) is 15.9 Å². The Labute approximate surface area is 155 Å². The summed E-state index contributed by atoms with van der Waals surface area (Å²) in [5.74, 6) is -0.314. The van der Waals surface area contributed by atoms with Crippen molar-refractivity contribution >= 4 is 27.8 Å². The van der Waals surface area contributed by atoms with E-state index in [1.54, 1.807) is 32.2 Å². The molecule has 2 rings (SSSR count). The molecule has 0 saturated carbocycles. The summed E-state index contributed by atoms with van der Waals surface area (Å²) >= 11 is 3.31. The summed E-state index contributed by atoms with van der Waals surface area (Å²) in [4.78, 5) is 26.3. The third-order valence-electron chi connectivity index (χ3n) is 3.66. The van der Waals surface area contributed by atoms with E-state index >= 15 is 0 Å². The third-order valence-corrected chi connectivity index (χ3v) is 4.36. The summed E-state index contributed by atoms with van der Waals surface area (Å²) < 4.78 is 11.0. The first kappa shape index (κ1) is 19.0. The summed E-state index contributed by atoms with van der Waals surface area (Å²) in [5.41, 5.74) is 1.32. The van der Waals surface area contributed by atoms with Gasteiger partial charge in [-0.2, -0.15) is 0 Å². The first-order valence-electron chi connectivity index (χ1n) is 7.75. The van der Waals surface area contributed by atoms with Crippen molar-refractivity contribution in [3.05, 3.63) is 64.1 Å². The minimum absolute atomic E-state index is 0.267. The molecule has 5 nitrogen and oxygen atoms in total. The Morgan fingerprint density at radius 2 is 1.84 bits per heavy atom. The van der Waals surface area contributed by atoms with Gasteiger partial charge in [0.05, 0.1) is 12.7 Å². The lowest BCUT2D eigenvalue weighted by molar-refractivity contribution is -0.139. The number of hydrogen-bond donors (Lipinski definition) is 0. The van der Waals surface area contributed by atoms with Gasteiger partial charge in [-0.25, -0.2) is 4.79 Å². The molecule has 0 aliphatic rings. The fourth-order valence-electron chi connectivity index (χ4n) is 2.31. The molecule has 25 heavy (non-hydrogen) atoms. The van der Waals surface area contributed by atoms with Crippen LogP contribution >= 0.6 is 15.9 Å². The molecule has 0 heterocycles. The van der Waals surface area contributed by atoms with Gasteiger partial charge in [-0.1, -0.05) is 30.3 Å².